The normalized spacial score (nSPS) is 21.2. The fourth-order valence-corrected chi connectivity index (χ4v) is 2.63. The number of carbonyl (C=O) groups excluding carboxylic acids is 2. The quantitative estimate of drug-likeness (QED) is 0.712. The molecule has 0 unspecified atom stereocenters. The summed E-state index contributed by atoms with van der Waals surface area (Å²) >= 11 is 0. The molecular formula is C16H27N5O2. The van der Waals surface area contributed by atoms with Crippen LogP contribution in [0.25, 0.3) is 0 Å². The minimum Gasteiger partial charge on any atom is -0.354 e. The summed E-state index contributed by atoms with van der Waals surface area (Å²) in [6.45, 7) is 6.96. The molecule has 0 aromatic carbocycles. The number of nitrogens with zero attached hydrogens (tertiary/aromatic N) is 2. The average molecular weight is 321 g/mol. The van der Waals surface area contributed by atoms with Crippen LogP contribution in [0, 0.1) is 6.92 Å². The predicted molar refractivity (Wildman–Crippen MR) is 87.9 cm³/mol. The van der Waals surface area contributed by atoms with E-state index in [2.05, 4.69) is 28.0 Å². The van der Waals surface area contributed by atoms with Crippen molar-refractivity contribution in [3.05, 3.63) is 18.0 Å². The Morgan fingerprint density at radius 2 is 2.26 bits per heavy atom. The third-order valence-electron chi connectivity index (χ3n) is 4.33. The van der Waals surface area contributed by atoms with E-state index in [1.165, 1.54) is 0 Å². The van der Waals surface area contributed by atoms with Gasteiger partial charge >= 0.3 is 0 Å². The first-order chi connectivity index (χ1) is 11.0. The topological polar surface area (TPSA) is 88.1 Å². The van der Waals surface area contributed by atoms with Crippen molar-refractivity contribution >= 4 is 11.8 Å². The lowest BCUT2D eigenvalue weighted by Gasteiger charge is -2.22. The maximum atomic E-state index is 12.1. The molecule has 2 rings (SSSR count). The van der Waals surface area contributed by atoms with Gasteiger partial charge < -0.3 is 16.0 Å². The zero-order valence-electron chi connectivity index (χ0n) is 14.1. The summed E-state index contributed by atoms with van der Waals surface area (Å²) in [6, 6.07) is -0.186. The maximum Gasteiger partial charge on any atom is 0.242 e. The van der Waals surface area contributed by atoms with Crippen LogP contribution in [0.5, 0.6) is 0 Å². The Kier molecular flexibility index (Phi) is 6.15. The van der Waals surface area contributed by atoms with E-state index >= 15 is 0 Å². The molecule has 7 heteroatoms. The molecule has 3 N–H and O–H groups in total. The third-order valence-corrected chi connectivity index (χ3v) is 4.33. The molecule has 1 aliphatic rings. The van der Waals surface area contributed by atoms with Crippen molar-refractivity contribution in [3.63, 3.8) is 0 Å². The molecule has 0 spiro atoms. The van der Waals surface area contributed by atoms with Gasteiger partial charge in [0.2, 0.25) is 11.8 Å². The molecule has 2 amide bonds. The van der Waals surface area contributed by atoms with E-state index in [0.29, 0.717) is 13.0 Å². The summed E-state index contributed by atoms with van der Waals surface area (Å²) in [5.41, 5.74) is 1.11. The monoisotopic (exact) mass is 321 g/mol. The number of hydrogen-bond donors (Lipinski definition) is 3. The molecule has 2 heterocycles. The van der Waals surface area contributed by atoms with Crippen molar-refractivity contribution < 1.29 is 9.59 Å². The zero-order valence-corrected chi connectivity index (χ0v) is 14.1. The fraction of sp³-hybridized carbons (Fsp3) is 0.688. The number of aryl methyl sites for hydroxylation is 1. The Labute approximate surface area is 137 Å². The Balaban J connectivity index is 1.78. The van der Waals surface area contributed by atoms with Crippen molar-refractivity contribution in [1.29, 1.82) is 0 Å². The molecule has 0 aliphatic carbocycles. The lowest BCUT2D eigenvalue weighted by Crippen LogP contribution is -2.49. The molecule has 1 saturated heterocycles. The van der Waals surface area contributed by atoms with Crippen LogP contribution >= 0.6 is 0 Å². The van der Waals surface area contributed by atoms with E-state index < -0.39 is 6.04 Å². The Morgan fingerprint density at radius 3 is 2.96 bits per heavy atom. The highest BCUT2D eigenvalue weighted by Gasteiger charge is 2.23. The molecule has 128 valence electrons. The largest absolute Gasteiger partial charge is 0.354 e. The molecular weight excluding hydrogens is 294 g/mol. The van der Waals surface area contributed by atoms with Crippen molar-refractivity contribution in [2.45, 2.75) is 58.2 Å². The van der Waals surface area contributed by atoms with Crippen molar-refractivity contribution in [3.8, 4) is 0 Å². The highest BCUT2D eigenvalue weighted by Crippen LogP contribution is 2.10. The van der Waals surface area contributed by atoms with Gasteiger partial charge in [0, 0.05) is 18.8 Å². The van der Waals surface area contributed by atoms with Gasteiger partial charge in [-0.25, -0.2) is 0 Å². The first kappa shape index (κ1) is 17.5. The highest BCUT2D eigenvalue weighted by molar-refractivity contribution is 5.88. The van der Waals surface area contributed by atoms with Gasteiger partial charge in [-0.3, -0.25) is 14.3 Å². The lowest BCUT2D eigenvalue weighted by atomic mass is 10.1. The summed E-state index contributed by atoms with van der Waals surface area (Å²) in [5.74, 6) is -0.230. The SMILES string of the molecule is Cc1cnn([C@H](C)[C@@H](C)NCC(=O)N[C@H]2CCCCNC2=O)c1. The van der Waals surface area contributed by atoms with Crippen molar-refractivity contribution in [2.24, 2.45) is 0 Å². The van der Waals surface area contributed by atoms with Crippen LogP contribution in [0.2, 0.25) is 0 Å². The van der Waals surface area contributed by atoms with Gasteiger partial charge in [0.25, 0.3) is 0 Å². The molecule has 1 aromatic rings. The van der Waals surface area contributed by atoms with Crippen LogP contribution in [0.15, 0.2) is 12.4 Å². The minimum absolute atomic E-state index is 0.0794. The van der Waals surface area contributed by atoms with Gasteiger partial charge in [0.1, 0.15) is 6.04 Å². The smallest absolute Gasteiger partial charge is 0.242 e. The van der Waals surface area contributed by atoms with Crippen LogP contribution in [-0.2, 0) is 9.59 Å². The molecule has 1 fully saturated rings. The molecule has 1 aliphatic heterocycles. The van der Waals surface area contributed by atoms with Gasteiger partial charge in [-0.2, -0.15) is 5.10 Å². The number of rotatable bonds is 6. The standard InChI is InChI=1S/C16H27N5O2/c1-11-8-19-21(10-11)13(3)12(2)18-9-15(22)20-14-6-4-5-7-17-16(14)23/h8,10,12-14,18H,4-7,9H2,1-3H3,(H,17,23)(H,20,22)/t12-,13-,14+/m1/s1. The van der Waals surface area contributed by atoms with Gasteiger partial charge in [-0.05, 0) is 45.6 Å². The lowest BCUT2D eigenvalue weighted by molar-refractivity contribution is -0.128. The van der Waals surface area contributed by atoms with E-state index in [1.54, 1.807) is 0 Å². The van der Waals surface area contributed by atoms with Crippen LogP contribution in [0.4, 0.5) is 0 Å². The molecule has 7 nitrogen and oxygen atoms in total. The molecule has 0 bridgehead atoms. The Hall–Kier alpha value is -1.89. The van der Waals surface area contributed by atoms with Crippen molar-refractivity contribution in [2.75, 3.05) is 13.1 Å². The molecule has 3 atom stereocenters. The number of carbonyl (C=O) groups is 2. The average Bonchev–Trinajstić information content (AvgIpc) is 2.86. The minimum atomic E-state index is -0.409. The van der Waals surface area contributed by atoms with E-state index in [-0.39, 0.29) is 30.4 Å². The molecule has 0 saturated carbocycles. The van der Waals surface area contributed by atoms with Crippen molar-refractivity contribution in [1.82, 2.24) is 25.7 Å². The highest BCUT2D eigenvalue weighted by atomic mass is 16.2. The molecule has 23 heavy (non-hydrogen) atoms. The van der Waals surface area contributed by atoms with Gasteiger partial charge in [-0.1, -0.05) is 0 Å². The third kappa shape index (κ3) is 5.06. The number of aromatic nitrogens is 2. The van der Waals surface area contributed by atoms with Crippen LogP contribution < -0.4 is 16.0 Å². The van der Waals surface area contributed by atoms with E-state index in [4.69, 9.17) is 0 Å². The summed E-state index contributed by atoms with van der Waals surface area (Å²) in [4.78, 5) is 23.9. The van der Waals surface area contributed by atoms with Gasteiger partial charge in [0.05, 0.1) is 18.8 Å². The summed E-state index contributed by atoms with van der Waals surface area (Å²) in [7, 11) is 0. The maximum absolute atomic E-state index is 12.1. The zero-order chi connectivity index (χ0) is 16.8. The van der Waals surface area contributed by atoms with Crippen LogP contribution in [0.1, 0.15) is 44.7 Å². The first-order valence-electron chi connectivity index (χ1n) is 8.28. The Bertz CT molecular complexity index is 542. The summed E-state index contributed by atoms with van der Waals surface area (Å²) in [6.07, 6.45) is 6.42. The fourth-order valence-electron chi connectivity index (χ4n) is 2.63. The Morgan fingerprint density at radius 1 is 1.48 bits per heavy atom. The summed E-state index contributed by atoms with van der Waals surface area (Å²) < 4.78 is 1.89. The van der Waals surface area contributed by atoms with E-state index in [9.17, 15) is 9.59 Å². The molecule has 1 aromatic heterocycles. The number of hydrogen-bond acceptors (Lipinski definition) is 4. The second-order valence-electron chi connectivity index (χ2n) is 6.31. The van der Waals surface area contributed by atoms with Crippen LogP contribution in [-0.4, -0.2) is 46.8 Å². The first-order valence-corrected chi connectivity index (χ1v) is 8.28. The summed E-state index contributed by atoms with van der Waals surface area (Å²) in [5, 5.41) is 13.1. The van der Waals surface area contributed by atoms with Gasteiger partial charge in [-0.15, -0.1) is 0 Å². The second kappa shape index (κ2) is 8.10. The van der Waals surface area contributed by atoms with E-state index in [1.807, 2.05) is 30.9 Å². The number of amides is 2. The van der Waals surface area contributed by atoms with Crippen LogP contribution in [0.3, 0.4) is 0 Å². The van der Waals surface area contributed by atoms with Gasteiger partial charge in [0.15, 0.2) is 0 Å². The number of nitrogens with one attached hydrogen (secondary N) is 3. The van der Waals surface area contributed by atoms with E-state index in [0.717, 1.165) is 18.4 Å². The molecule has 0 radical (unpaired) electrons. The predicted octanol–water partition coefficient (Wildman–Crippen LogP) is 0.516. The second-order valence-corrected chi connectivity index (χ2v) is 6.31.